The number of fused-ring (bicyclic) bond motifs is 5. The molecule has 1 N–H and O–H groups in total. The Morgan fingerprint density at radius 2 is 1.60 bits per heavy atom. The van der Waals surface area contributed by atoms with Gasteiger partial charge < -0.3 is 9.73 Å². The highest BCUT2D eigenvalue weighted by molar-refractivity contribution is 5.96. The molecule has 2 heteroatoms. The summed E-state index contributed by atoms with van der Waals surface area (Å²) >= 11 is 0. The second-order valence-corrected chi connectivity index (χ2v) is 10.5. The smallest absolute Gasteiger partial charge is 0.142 e. The van der Waals surface area contributed by atoms with E-state index >= 15 is 0 Å². The second-order valence-electron chi connectivity index (χ2n) is 10.5. The molecule has 0 saturated heterocycles. The largest absolute Gasteiger partial charge is 0.456 e. The molecule has 0 aliphatic heterocycles. The van der Waals surface area contributed by atoms with E-state index in [9.17, 15) is 0 Å². The van der Waals surface area contributed by atoms with Crippen molar-refractivity contribution < 1.29 is 4.42 Å². The Hall–Kier alpha value is -3.78. The van der Waals surface area contributed by atoms with Crippen molar-refractivity contribution >= 4 is 34.0 Å². The Balaban J connectivity index is 1.18. The normalized spacial score (nSPS) is 17.4. The SMILES string of the molecule is CC1(C)C2=C(CCC=C2)c2ccc(Nc3ccc(-c4cccc5c6c(oc45)C=CCC6)cc3)cc21. The lowest BCUT2D eigenvalue weighted by Crippen LogP contribution is -2.16. The molecule has 0 spiro atoms. The molecule has 3 aromatic carbocycles. The van der Waals surface area contributed by atoms with E-state index < -0.39 is 0 Å². The maximum Gasteiger partial charge on any atom is 0.142 e. The average Bonchev–Trinajstić information content (AvgIpc) is 3.38. The first kappa shape index (κ1) is 20.6. The van der Waals surface area contributed by atoms with Gasteiger partial charge in [0.2, 0.25) is 0 Å². The summed E-state index contributed by atoms with van der Waals surface area (Å²) in [5.74, 6) is 1.02. The van der Waals surface area contributed by atoms with Crippen molar-refractivity contribution in [3.63, 3.8) is 0 Å². The van der Waals surface area contributed by atoms with Crippen molar-refractivity contribution in [3.8, 4) is 11.1 Å². The molecule has 1 heterocycles. The minimum absolute atomic E-state index is 0.0548. The molecule has 0 atom stereocenters. The molecular formula is C33H29NO. The van der Waals surface area contributed by atoms with E-state index in [1.54, 1.807) is 0 Å². The number of nitrogens with one attached hydrogen (secondary N) is 1. The van der Waals surface area contributed by atoms with Gasteiger partial charge in [-0.25, -0.2) is 0 Å². The van der Waals surface area contributed by atoms with Crippen molar-refractivity contribution in [1.82, 2.24) is 0 Å². The lowest BCUT2D eigenvalue weighted by molar-refractivity contribution is 0.596. The van der Waals surface area contributed by atoms with Crippen LogP contribution in [0.5, 0.6) is 0 Å². The minimum Gasteiger partial charge on any atom is -0.456 e. The lowest BCUT2D eigenvalue weighted by atomic mass is 9.80. The topological polar surface area (TPSA) is 25.2 Å². The maximum absolute atomic E-state index is 6.29. The predicted octanol–water partition coefficient (Wildman–Crippen LogP) is 9.20. The van der Waals surface area contributed by atoms with Gasteiger partial charge >= 0.3 is 0 Å². The van der Waals surface area contributed by atoms with E-state index in [0.717, 1.165) is 54.0 Å². The van der Waals surface area contributed by atoms with Crippen LogP contribution in [-0.2, 0) is 11.8 Å². The number of benzene rings is 3. The number of furan rings is 1. The fraction of sp³-hybridized carbons (Fsp3) is 0.212. The van der Waals surface area contributed by atoms with Crippen molar-refractivity contribution in [2.24, 2.45) is 0 Å². The van der Waals surface area contributed by atoms with E-state index in [4.69, 9.17) is 4.42 Å². The van der Waals surface area contributed by atoms with Crippen LogP contribution in [0.25, 0.3) is 33.7 Å². The number of para-hydroxylation sites is 1. The van der Waals surface area contributed by atoms with Crippen LogP contribution in [0.4, 0.5) is 11.4 Å². The Kier molecular flexibility index (Phi) is 4.48. The molecule has 172 valence electrons. The third-order valence-corrected chi connectivity index (χ3v) is 8.03. The molecule has 3 aliphatic carbocycles. The molecule has 0 fully saturated rings. The van der Waals surface area contributed by atoms with Crippen molar-refractivity contribution in [2.75, 3.05) is 5.32 Å². The molecule has 0 amide bonds. The van der Waals surface area contributed by atoms with Gasteiger partial charge in [0.15, 0.2) is 0 Å². The molecule has 7 rings (SSSR count). The first-order chi connectivity index (χ1) is 17.1. The van der Waals surface area contributed by atoms with Crippen LogP contribution in [0.15, 0.2) is 88.9 Å². The van der Waals surface area contributed by atoms with Gasteiger partial charge in [0, 0.05) is 33.3 Å². The third-order valence-electron chi connectivity index (χ3n) is 8.03. The van der Waals surface area contributed by atoms with Gasteiger partial charge in [0.1, 0.15) is 11.3 Å². The summed E-state index contributed by atoms with van der Waals surface area (Å²) in [7, 11) is 0. The van der Waals surface area contributed by atoms with Crippen LogP contribution in [0.1, 0.15) is 55.6 Å². The van der Waals surface area contributed by atoms with Gasteiger partial charge in [0.25, 0.3) is 0 Å². The second kappa shape index (κ2) is 7.61. The van der Waals surface area contributed by atoms with Crippen LogP contribution in [-0.4, -0.2) is 0 Å². The minimum atomic E-state index is 0.0548. The molecule has 0 saturated carbocycles. The Morgan fingerprint density at radius 1 is 0.800 bits per heavy atom. The molecule has 0 bridgehead atoms. The molecule has 1 aromatic heterocycles. The van der Waals surface area contributed by atoms with Gasteiger partial charge in [-0.05, 0) is 83.9 Å². The van der Waals surface area contributed by atoms with E-state index in [2.05, 4.69) is 104 Å². The summed E-state index contributed by atoms with van der Waals surface area (Å²) in [5, 5.41) is 4.89. The van der Waals surface area contributed by atoms with Crippen molar-refractivity contribution in [3.05, 3.63) is 107 Å². The summed E-state index contributed by atoms with van der Waals surface area (Å²) in [4.78, 5) is 0. The maximum atomic E-state index is 6.29. The molecule has 0 unspecified atom stereocenters. The first-order valence-corrected chi connectivity index (χ1v) is 12.7. The van der Waals surface area contributed by atoms with Gasteiger partial charge in [-0.1, -0.05) is 68.5 Å². The highest BCUT2D eigenvalue weighted by Gasteiger charge is 2.37. The molecular weight excluding hydrogens is 426 g/mol. The van der Waals surface area contributed by atoms with Gasteiger partial charge in [-0.15, -0.1) is 0 Å². The van der Waals surface area contributed by atoms with Crippen LogP contribution in [0.2, 0.25) is 0 Å². The summed E-state index contributed by atoms with van der Waals surface area (Å²) in [6.45, 7) is 4.70. The van der Waals surface area contributed by atoms with Crippen molar-refractivity contribution in [1.29, 1.82) is 0 Å². The molecule has 2 nitrogen and oxygen atoms in total. The Bertz CT molecular complexity index is 1570. The molecule has 4 aromatic rings. The van der Waals surface area contributed by atoms with E-state index in [1.807, 2.05) is 0 Å². The number of allylic oxidation sites excluding steroid dienone is 5. The monoisotopic (exact) mass is 455 g/mol. The fourth-order valence-electron chi connectivity index (χ4n) is 6.20. The number of hydrogen-bond donors (Lipinski definition) is 1. The number of rotatable bonds is 3. The predicted molar refractivity (Wildman–Crippen MR) is 147 cm³/mol. The zero-order valence-corrected chi connectivity index (χ0v) is 20.3. The van der Waals surface area contributed by atoms with Crippen LogP contribution in [0.3, 0.4) is 0 Å². The first-order valence-electron chi connectivity index (χ1n) is 12.7. The number of anilines is 2. The van der Waals surface area contributed by atoms with E-state index in [0.29, 0.717) is 0 Å². The van der Waals surface area contributed by atoms with Gasteiger partial charge in [0.05, 0.1) is 0 Å². The number of aryl methyl sites for hydroxylation is 1. The molecule has 3 aliphatic rings. The highest BCUT2D eigenvalue weighted by atomic mass is 16.3. The summed E-state index contributed by atoms with van der Waals surface area (Å²) in [5.41, 5.74) is 12.8. The Morgan fingerprint density at radius 3 is 2.49 bits per heavy atom. The van der Waals surface area contributed by atoms with Crippen LogP contribution >= 0.6 is 0 Å². The van der Waals surface area contributed by atoms with Gasteiger partial charge in [-0.3, -0.25) is 0 Å². The third kappa shape index (κ3) is 3.16. The van der Waals surface area contributed by atoms with Crippen LogP contribution in [0, 0.1) is 0 Å². The Labute approximate surface area is 206 Å². The molecule has 0 radical (unpaired) electrons. The van der Waals surface area contributed by atoms with E-state index in [1.165, 1.54) is 38.8 Å². The standard InChI is InChI=1S/C33H29NO/c1-33(2)29-12-5-3-8-25(29)26-19-18-23(20-30(26)33)34-22-16-14-21(15-17-22)24-10-7-11-28-27-9-4-6-13-31(27)35-32(24)28/h5-7,10-20,34H,3-4,8-9H2,1-2H3. The zero-order valence-electron chi connectivity index (χ0n) is 20.3. The highest BCUT2D eigenvalue weighted by Crippen LogP contribution is 2.50. The number of hydrogen-bond acceptors (Lipinski definition) is 2. The quantitative estimate of drug-likeness (QED) is 0.333. The summed E-state index contributed by atoms with van der Waals surface area (Å²) < 4.78 is 6.29. The lowest BCUT2D eigenvalue weighted by Gasteiger charge is -2.24. The fourth-order valence-corrected chi connectivity index (χ4v) is 6.20. The average molecular weight is 456 g/mol. The van der Waals surface area contributed by atoms with E-state index in [-0.39, 0.29) is 5.41 Å². The summed E-state index contributed by atoms with van der Waals surface area (Å²) in [6.07, 6.45) is 13.4. The van der Waals surface area contributed by atoms with Crippen LogP contribution < -0.4 is 5.32 Å². The van der Waals surface area contributed by atoms with Crippen molar-refractivity contribution in [2.45, 2.75) is 44.9 Å². The van der Waals surface area contributed by atoms with Gasteiger partial charge in [-0.2, -0.15) is 0 Å². The molecule has 35 heavy (non-hydrogen) atoms. The zero-order chi connectivity index (χ0) is 23.6. The summed E-state index contributed by atoms with van der Waals surface area (Å²) in [6, 6.07) is 22.1.